The zero-order valence-corrected chi connectivity index (χ0v) is 13.4. The second-order valence-corrected chi connectivity index (χ2v) is 6.58. The second-order valence-electron chi connectivity index (χ2n) is 4.81. The molecule has 1 aromatic carbocycles. The highest BCUT2D eigenvalue weighted by Crippen LogP contribution is 2.25. The van der Waals surface area contributed by atoms with Gasteiger partial charge in [0.15, 0.2) is 0 Å². The molecule has 1 heterocycles. The number of amides is 1. The van der Waals surface area contributed by atoms with Crippen LogP contribution in [-0.2, 0) is 0 Å². The number of carbonyl (C=O) groups is 1. The standard InChI is InChI=1S/C13H16Br2N2O/c1-8-4-5-17(7-12(8)16)13(18)10-3-2-9(14)6-11(10)15/h2-3,6,8,12H,4-5,7,16H2,1H3. The molecule has 0 spiro atoms. The Bertz CT molecular complexity index is 464. The highest BCUT2D eigenvalue weighted by molar-refractivity contribution is 9.11. The van der Waals surface area contributed by atoms with Crippen molar-refractivity contribution in [2.75, 3.05) is 13.1 Å². The summed E-state index contributed by atoms with van der Waals surface area (Å²) in [6, 6.07) is 5.68. The van der Waals surface area contributed by atoms with Gasteiger partial charge in [-0.1, -0.05) is 22.9 Å². The van der Waals surface area contributed by atoms with Crippen molar-refractivity contribution in [1.29, 1.82) is 0 Å². The second kappa shape index (κ2) is 5.72. The Morgan fingerprint density at radius 3 is 2.78 bits per heavy atom. The van der Waals surface area contributed by atoms with E-state index >= 15 is 0 Å². The number of hydrogen-bond donors (Lipinski definition) is 1. The van der Waals surface area contributed by atoms with Gasteiger partial charge < -0.3 is 10.6 Å². The lowest BCUT2D eigenvalue weighted by atomic mass is 9.94. The molecule has 3 nitrogen and oxygen atoms in total. The van der Waals surface area contributed by atoms with E-state index in [0.717, 1.165) is 21.9 Å². The van der Waals surface area contributed by atoms with Gasteiger partial charge >= 0.3 is 0 Å². The van der Waals surface area contributed by atoms with E-state index in [1.807, 2.05) is 23.1 Å². The monoisotopic (exact) mass is 374 g/mol. The van der Waals surface area contributed by atoms with E-state index < -0.39 is 0 Å². The summed E-state index contributed by atoms with van der Waals surface area (Å²) in [5, 5.41) is 0. The molecule has 1 aliphatic heterocycles. The SMILES string of the molecule is CC1CCN(C(=O)c2ccc(Br)cc2Br)CC1N. The lowest BCUT2D eigenvalue weighted by Gasteiger charge is -2.35. The third-order valence-corrected chi connectivity index (χ3v) is 4.61. The molecule has 2 atom stereocenters. The number of nitrogens with zero attached hydrogens (tertiary/aromatic N) is 1. The Balaban J connectivity index is 2.16. The van der Waals surface area contributed by atoms with E-state index in [1.165, 1.54) is 0 Å². The third kappa shape index (κ3) is 2.95. The maximum atomic E-state index is 12.4. The van der Waals surface area contributed by atoms with Crippen LogP contribution in [0.5, 0.6) is 0 Å². The highest BCUT2D eigenvalue weighted by Gasteiger charge is 2.27. The lowest BCUT2D eigenvalue weighted by molar-refractivity contribution is 0.0671. The predicted octanol–water partition coefficient (Wildman–Crippen LogP) is 3.02. The smallest absolute Gasteiger partial charge is 0.255 e. The zero-order valence-electron chi connectivity index (χ0n) is 10.2. The number of rotatable bonds is 1. The fourth-order valence-electron chi connectivity index (χ4n) is 2.12. The molecule has 1 saturated heterocycles. The number of piperidine rings is 1. The van der Waals surface area contributed by atoms with Crippen LogP contribution in [0.1, 0.15) is 23.7 Å². The van der Waals surface area contributed by atoms with Crippen molar-refractivity contribution in [2.24, 2.45) is 11.7 Å². The number of carbonyl (C=O) groups excluding carboxylic acids is 1. The molecule has 1 amide bonds. The minimum atomic E-state index is 0.0525. The Morgan fingerprint density at radius 2 is 2.17 bits per heavy atom. The third-order valence-electron chi connectivity index (χ3n) is 3.47. The van der Waals surface area contributed by atoms with Crippen molar-refractivity contribution in [3.63, 3.8) is 0 Å². The van der Waals surface area contributed by atoms with Crippen LogP contribution in [0.25, 0.3) is 0 Å². The summed E-state index contributed by atoms with van der Waals surface area (Å²) in [5.41, 5.74) is 6.73. The first-order chi connectivity index (χ1) is 8.49. The van der Waals surface area contributed by atoms with Gasteiger partial charge in [0.1, 0.15) is 0 Å². The largest absolute Gasteiger partial charge is 0.337 e. The van der Waals surface area contributed by atoms with Crippen molar-refractivity contribution in [3.05, 3.63) is 32.7 Å². The number of benzene rings is 1. The van der Waals surface area contributed by atoms with E-state index in [1.54, 1.807) is 0 Å². The molecule has 0 aliphatic carbocycles. The van der Waals surface area contributed by atoms with Crippen LogP contribution in [-0.4, -0.2) is 29.9 Å². The Labute approximate surface area is 124 Å². The number of halogens is 2. The van der Waals surface area contributed by atoms with Crippen molar-refractivity contribution in [2.45, 2.75) is 19.4 Å². The van der Waals surface area contributed by atoms with Gasteiger partial charge in [0.2, 0.25) is 0 Å². The first-order valence-corrected chi connectivity index (χ1v) is 7.57. The van der Waals surface area contributed by atoms with E-state index in [-0.39, 0.29) is 11.9 Å². The maximum absolute atomic E-state index is 12.4. The van der Waals surface area contributed by atoms with Crippen molar-refractivity contribution >= 4 is 37.8 Å². The van der Waals surface area contributed by atoms with Crippen LogP contribution >= 0.6 is 31.9 Å². The summed E-state index contributed by atoms with van der Waals surface area (Å²) in [6.45, 7) is 3.57. The van der Waals surface area contributed by atoms with Crippen molar-refractivity contribution in [3.8, 4) is 0 Å². The predicted molar refractivity (Wildman–Crippen MR) is 79.5 cm³/mol. The quantitative estimate of drug-likeness (QED) is 0.819. The molecule has 98 valence electrons. The summed E-state index contributed by atoms with van der Waals surface area (Å²) in [7, 11) is 0. The maximum Gasteiger partial charge on any atom is 0.255 e. The van der Waals surface area contributed by atoms with Gasteiger partial charge in [-0.15, -0.1) is 0 Å². The zero-order chi connectivity index (χ0) is 13.3. The summed E-state index contributed by atoms with van der Waals surface area (Å²) in [5.74, 6) is 0.541. The van der Waals surface area contributed by atoms with Crippen molar-refractivity contribution < 1.29 is 4.79 Å². The molecule has 0 radical (unpaired) electrons. The molecule has 2 rings (SSSR count). The Morgan fingerprint density at radius 1 is 1.44 bits per heavy atom. The van der Waals surface area contributed by atoms with Gasteiger partial charge in [0.25, 0.3) is 5.91 Å². The molecule has 0 bridgehead atoms. The van der Waals surface area contributed by atoms with Gasteiger partial charge in [-0.3, -0.25) is 4.79 Å². The molecule has 5 heteroatoms. The van der Waals surface area contributed by atoms with Gasteiger partial charge in [-0.25, -0.2) is 0 Å². The van der Waals surface area contributed by atoms with Crippen LogP contribution in [0.2, 0.25) is 0 Å². The molecule has 2 unspecified atom stereocenters. The summed E-state index contributed by atoms with van der Waals surface area (Å²) >= 11 is 6.82. The highest BCUT2D eigenvalue weighted by atomic mass is 79.9. The van der Waals surface area contributed by atoms with Crippen molar-refractivity contribution in [1.82, 2.24) is 4.90 Å². The Kier molecular flexibility index (Phi) is 4.45. The van der Waals surface area contributed by atoms with Crippen LogP contribution in [0.3, 0.4) is 0 Å². The molecule has 0 saturated carbocycles. The van der Waals surface area contributed by atoms with Crippen LogP contribution < -0.4 is 5.73 Å². The fourth-order valence-corrected chi connectivity index (χ4v) is 3.33. The van der Waals surface area contributed by atoms with Gasteiger partial charge in [-0.05, 0) is 46.5 Å². The minimum absolute atomic E-state index is 0.0525. The van der Waals surface area contributed by atoms with Gasteiger partial charge in [0, 0.05) is 28.1 Å². The van der Waals surface area contributed by atoms with Gasteiger partial charge in [-0.2, -0.15) is 0 Å². The number of nitrogens with two attached hydrogens (primary N) is 1. The molecule has 0 aromatic heterocycles. The summed E-state index contributed by atoms with van der Waals surface area (Å²) in [6.07, 6.45) is 0.973. The van der Waals surface area contributed by atoms with E-state index in [9.17, 15) is 4.79 Å². The Hall–Kier alpha value is -0.390. The van der Waals surface area contributed by atoms with E-state index in [4.69, 9.17) is 5.73 Å². The average Bonchev–Trinajstić information content (AvgIpc) is 2.32. The molecule has 1 aliphatic rings. The molecule has 2 N–H and O–H groups in total. The van der Waals surface area contributed by atoms with Crippen LogP contribution in [0, 0.1) is 5.92 Å². The first kappa shape index (κ1) is 14.0. The fraction of sp³-hybridized carbons (Fsp3) is 0.462. The number of likely N-dealkylation sites (tertiary alicyclic amines) is 1. The molecule has 1 aromatic rings. The normalized spacial score (nSPS) is 24.1. The van der Waals surface area contributed by atoms with E-state index in [2.05, 4.69) is 38.8 Å². The summed E-state index contributed by atoms with van der Waals surface area (Å²) < 4.78 is 1.77. The lowest BCUT2D eigenvalue weighted by Crippen LogP contribution is -2.49. The first-order valence-electron chi connectivity index (χ1n) is 5.99. The topological polar surface area (TPSA) is 46.3 Å². The minimum Gasteiger partial charge on any atom is -0.337 e. The summed E-state index contributed by atoms with van der Waals surface area (Å²) in [4.78, 5) is 14.3. The van der Waals surface area contributed by atoms with E-state index in [0.29, 0.717) is 18.0 Å². The number of hydrogen-bond acceptors (Lipinski definition) is 2. The molecule has 18 heavy (non-hydrogen) atoms. The molecular formula is C13H16Br2N2O. The average molecular weight is 376 g/mol. The molecular weight excluding hydrogens is 360 g/mol. The van der Waals surface area contributed by atoms with Gasteiger partial charge in [0.05, 0.1) is 5.56 Å². The van der Waals surface area contributed by atoms with Crippen LogP contribution in [0.15, 0.2) is 27.1 Å². The molecule has 1 fully saturated rings. The van der Waals surface area contributed by atoms with Crippen LogP contribution in [0.4, 0.5) is 0 Å².